The number of rotatable bonds is 12. The third-order valence-electron chi connectivity index (χ3n) is 7.21. The first kappa shape index (κ1) is 32.4. The first-order valence-electron chi connectivity index (χ1n) is 14.5. The summed E-state index contributed by atoms with van der Waals surface area (Å²) in [6.45, 7) is 6.52. The van der Waals surface area contributed by atoms with Gasteiger partial charge in [-0.2, -0.15) is 0 Å². The van der Waals surface area contributed by atoms with E-state index in [0.717, 1.165) is 21.0 Å². The highest BCUT2D eigenvalue weighted by molar-refractivity contribution is 7.92. The number of carbonyl (C=O) groups excluding carboxylic acids is 2. The quantitative estimate of drug-likeness (QED) is 0.218. The highest BCUT2D eigenvalue weighted by atomic mass is 32.2. The molecule has 4 aromatic rings. The van der Waals surface area contributed by atoms with Crippen molar-refractivity contribution in [3.8, 4) is 0 Å². The molecule has 0 aliphatic rings. The Morgan fingerprint density at radius 3 is 1.95 bits per heavy atom. The molecule has 0 aliphatic heterocycles. The van der Waals surface area contributed by atoms with Gasteiger partial charge in [-0.15, -0.1) is 0 Å². The number of carbonyl (C=O) groups is 2. The zero-order valence-electron chi connectivity index (χ0n) is 25.4. The van der Waals surface area contributed by atoms with Crippen molar-refractivity contribution in [3.63, 3.8) is 0 Å². The maximum atomic E-state index is 15.0. The van der Waals surface area contributed by atoms with Gasteiger partial charge >= 0.3 is 0 Å². The van der Waals surface area contributed by atoms with Crippen molar-refractivity contribution >= 4 is 27.5 Å². The molecule has 0 aliphatic carbocycles. The largest absolute Gasteiger partial charge is 0.352 e. The zero-order chi connectivity index (χ0) is 31.9. The van der Waals surface area contributed by atoms with Crippen molar-refractivity contribution in [1.29, 1.82) is 0 Å². The Kier molecular flexibility index (Phi) is 10.5. The van der Waals surface area contributed by atoms with Crippen LogP contribution in [0, 0.1) is 19.7 Å². The van der Waals surface area contributed by atoms with Crippen molar-refractivity contribution in [2.45, 2.75) is 57.6 Å². The standard InChI is InChI=1S/C35H38FN3O4S/c1-25(2)37-35(41)33(22-28-10-6-5-7-11-28)38(23-29-12-8-9-13-32(29)36)34(40)24-39(30-18-14-26(3)15-19-30)44(42,43)31-20-16-27(4)17-21-31/h5-21,25,33H,22-24H2,1-4H3,(H,37,41). The molecule has 9 heteroatoms. The monoisotopic (exact) mass is 615 g/mol. The Bertz CT molecular complexity index is 1680. The summed E-state index contributed by atoms with van der Waals surface area (Å²) in [6, 6.07) is 27.2. The molecule has 1 atom stereocenters. The van der Waals surface area contributed by atoms with E-state index in [9.17, 15) is 22.4 Å². The lowest BCUT2D eigenvalue weighted by atomic mass is 10.0. The second-order valence-corrected chi connectivity index (χ2v) is 13.0. The van der Waals surface area contributed by atoms with E-state index in [0.29, 0.717) is 5.69 Å². The van der Waals surface area contributed by atoms with Crippen LogP contribution in [0.2, 0.25) is 0 Å². The van der Waals surface area contributed by atoms with Gasteiger partial charge in [-0.05, 0) is 63.6 Å². The van der Waals surface area contributed by atoms with Crippen LogP contribution < -0.4 is 9.62 Å². The van der Waals surface area contributed by atoms with Crippen LogP contribution in [-0.2, 0) is 32.6 Å². The van der Waals surface area contributed by atoms with E-state index in [1.807, 2.05) is 58.0 Å². The Morgan fingerprint density at radius 2 is 1.36 bits per heavy atom. The minimum Gasteiger partial charge on any atom is -0.352 e. The van der Waals surface area contributed by atoms with Crippen molar-refractivity contribution in [2.24, 2.45) is 0 Å². The van der Waals surface area contributed by atoms with Crippen LogP contribution >= 0.6 is 0 Å². The number of anilines is 1. The van der Waals surface area contributed by atoms with E-state index in [-0.39, 0.29) is 29.5 Å². The second kappa shape index (κ2) is 14.3. The number of nitrogens with one attached hydrogen (secondary N) is 1. The van der Waals surface area contributed by atoms with Crippen LogP contribution in [-0.4, -0.2) is 43.8 Å². The van der Waals surface area contributed by atoms with Gasteiger partial charge in [0.15, 0.2) is 0 Å². The fourth-order valence-corrected chi connectivity index (χ4v) is 6.24. The van der Waals surface area contributed by atoms with Crippen LogP contribution in [0.15, 0.2) is 108 Å². The van der Waals surface area contributed by atoms with Gasteiger partial charge in [0, 0.05) is 24.6 Å². The van der Waals surface area contributed by atoms with Gasteiger partial charge < -0.3 is 10.2 Å². The van der Waals surface area contributed by atoms with E-state index >= 15 is 0 Å². The fourth-order valence-electron chi connectivity index (χ4n) is 4.82. The van der Waals surface area contributed by atoms with Gasteiger partial charge in [-0.25, -0.2) is 12.8 Å². The summed E-state index contributed by atoms with van der Waals surface area (Å²) in [4.78, 5) is 29.4. The minimum absolute atomic E-state index is 0.0236. The van der Waals surface area contributed by atoms with E-state index in [4.69, 9.17) is 0 Å². The molecule has 44 heavy (non-hydrogen) atoms. The molecule has 7 nitrogen and oxygen atoms in total. The molecular weight excluding hydrogens is 577 g/mol. The minimum atomic E-state index is -4.21. The van der Waals surface area contributed by atoms with Crippen molar-refractivity contribution in [3.05, 3.63) is 131 Å². The third-order valence-corrected chi connectivity index (χ3v) is 9.00. The molecule has 1 N–H and O–H groups in total. The maximum absolute atomic E-state index is 15.0. The van der Waals surface area contributed by atoms with Crippen LogP contribution in [0.25, 0.3) is 0 Å². The second-order valence-electron chi connectivity index (χ2n) is 11.1. The molecule has 2 amide bonds. The van der Waals surface area contributed by atoms with E-state index in [2.05, 4.69) is 5.32 Å². The van der Waals surface area contributed by atoms with Gasteiger partial charge in [0.2, 0.25) is 11.8 Å². The number of benzene rings is 4. The zero-order valence-corrected chi connectivity index (χ0v) is 26.2. The molecule has 0 heterocycles. The summed E-state index contributed by atoms with van der Waals surface area (Å²) in [5.74, 6) is -1.60. The topological polar surface area (TPSA) is 86.8 Å². The molecule has 1 unspecified atom stereocenters. The van der Waals surface area contributed by atoms with Crippen LogP contribution in [0.3, 0.4) is 0 Å². The van der Waals surface area contributed by atoms with Crippen LogP contribution in [0.5, 0.6) is 0 Å². The maximum Gasteiger partial charge on any atom is 0.264 e. The predicted molar refractivity (Wildman–Crippen MR) is 171 cm³/mol. The summed E-state index contributed by atoms with van der Waals surface area (Å²) in [5.41, 5.74) is 3.10. The van der Waals surface area contributed by atoms with Crippen molar-refractivity contribution in [2.75, 3.05) is 10.8 Å². The van der Waals surface area contributed by atoms with Crippen molar-refractivity contribution in [1.82, 2.24) is 10.2 Å². The van der Waals surface area contributed by atoms with Gasteiger partial charge in [0.25, 0.3) is 10.0 Å². The lowest BCUT2D eigenvalue weighted by molar-refractivity contribution is -0.140. The van der Waals surface area contributed by atoms with Gasteiger partial charge in [-0.3, -0.25) is 13.9 Å². The first-order chi connectivity index (χ1) is 21.0. The Hall–Kier alpha value is -4.50. The smallest absolute Gasteiger partial charge is 0.264 e. The van der Waals surface area contributed by atoms with Crippen LogP contribution in [0.1, 0.15) is 36.1 Å². The average Bonchev–Trinajstić information content (AvgIpc) is 2.99. The van der Waals surface area contributed by atoms with Gasteiger partial charge in [0.1, 0.15) is 18.4 Å². The van der Waals surface area contributed by atoms with E-state index in [1.165, 1.54) is 23.1 Å². The number of sulfonamides is 1. The number of hydrogen-bond acceptors (Lipinski definition) is 4. The Balaban J connectivity index is 1.81. The van der Waals surface area contributed by atoms with E-state index in [1.54, 1.807) is 54.6 Å². The molecule has 0 fully saturated rings. The molecule has 0 bridgehead atoms. The number of halogens is 1. The lowest BCUT2D eigenvalue weighted by Crippen LogP contribution is -2.54. The molecule has 0 radical (unpaired) electrons. The Labute approximate surface area is 259 Å². The highest BCUT2D eigenvalue weighted by Gasteiger charge is 2.35. The molecule has 230 valence electrons. The third kappa shape index (κ3) is 8.11. The number of amides is 2. The molecule has 0 saturated heterocycles. The number of hydrogen-bond donors (Lipinski definition) is 1. The highest BCUT2D eigenvalue weighted by Crippen LogP contribution is 2.26. The lowest BCUT2D eigenvalue weighted by Gasteiger charge is -2.34. The SMILES string of the molecule is Cc1ccc(N(CC(=O)N(Cc2ccccc2F)C(Cc2ccccc2)C(=O)NC(C)C)S(=O)(=O)c2ccc(C)cc2)cc1. The van der Waals surface area contributed by atoms with Crippen molar-refractivity contribution < 1.29 is 22.4 Å². The molecule has 0 saturated carbocycles. The van der Waals surface area contributed by atoms with Crippen LogP contribution in [0.4, 0.5) is 10.1 Å². The van der Waals surface area contributed by atoms with Gasteiger partial charge in [-0.1, -0.05) is 83.9 Å². The summed E-state index contributed by atoms with van der Waals surface area (Å²) in [5, 5.41) is 2.89. The molecule has 0 spiro atoms. The summed E-state index contributed by atoms with van der Waals surface area (Å²) in [7, 11) is -4.21. The first-order valence-corrected chi connectivity index (χ1v) is 15.9. The molecule has 4 rings (SSSR count). The normalized spacial score (nSPS) is 12.0. The fraction of sp³-hybridized carbons (Fsp3) is 0.257. The van der Waals surface area contributed by atoms with Gasteiger partial charge in [0.05, 0.1) is 10.6 Å². The molecule has 4 aromatic carbocycles. The van der Waals surface area contributed by atoms with E-state index < -0.39 is 40.2 Å². The summed E-state index contributed by atoms with van der Waals surface area (Å²) in [6.07, 6.45) is 0.148. The number of aryl methyl sites for hydroxylation is 2. The molecule has 0 aromatic heterocycles. The summed E-state index contributed by atoms with van der Waals surface area (Å²) < 4.78 is 44.1. The average molecular weight is 616 g/mol. The summed E-state index contributed by atoms with van der Waals surface area (Å²) >= 11 is 0. The Morgan fingerprint density at radius 1 is 0.795 bits per heavy atom. The molecular formula is C35H38FN3O4S. The number of nitrogens with zero attached hydrogens (tertiary/aromatic N) is 2. The predicted octanol–water partition coefficient (Wildman–Crippen LogP) is 5.80.